The Morgan fingerprint density at radius 3 is 1.90 bits per heavy atom. The van der Waals surface area contributed by atoms with Gasteiger partial charge in [-0.3, -0.25) is 18.0 Å². The van der Waals surface area contributed by atoms with Gasteiger partial charge in [0.1, 0.15) is 23.6 Å². The molecule has 0 radical (unpaired) electrons. The van der Waals surface area contributed by atoms with Gasteiger partial charge in [-0.25, -0.2) is 4.79 Å². The molecule has 3 saturated heterocycles. The summed E-state index contributed by atoms with van der Waals surface area (Å²) in [7, 11) is -1.82. The number of methoxy groups -OCH3 is 2. The Morgan fingerprint density at radius 1 is 0.809 bits per heavy atom. The van der Waals surface area contributed by atoms with Crippen LogP contribution in [0.3, 0.4) is 0 Å². The molecule has 21 heteroatoms. The van der Waals surface area contributed by atoms with Gasteiger partial charge in [0.05, 0.1) is 65.7 Å². The highest BCUT2D eigenvalue weighted by atomic mass is 32.2. The van der Waals surface area contributed by atoms with Gasteiger partial charge in [-0.1, -0.05) is 45.5 Å². The number of carbonyl (C=O) groups is 3. The number of ketones is 1. The number of likely N-dealkylation sites (N-methyl/N-ethyl adjacent to an activating group) is 1. The Hall–Kier alpha value is -2.93. The van der Waals surface area contributed by atoms with Gasteiger partial charge >= 0.3 is 11.9 Å². The lowest BCUT2D eigenvalue weighted by molar-refractivity contribution is -0.317. The number of nitrogens with zero attached hydrogens (tertiary/aromatic N) is 1. The van der Waals surface area contributed by atoms with Gasteiger partial charge < -0.3 is 47.9 Å². The van der Waals surface area contributed by atoms with Gasteiger partial charge in [-0.2, -0.15) is 16.8 Å². The van der Waals surface area contributed by atoms with Crippen molar-refractivity contribution < 1.29 is 82.6 Å². The number of esters is 2. The van der Waals surface area contributed by atoms with Crippen molar-refractivity contribution in [2.24, 2.45) is 23.7 Å². The smallest absolute Gasteiger partial charge is 0.338 e. The summed E-state index contributed by atoms with van der Waals surface area (Å²) in [5.74, 6) is -6.58. The highest BCUT2D eigenvalue weighted by Gasteiger charge is 2.56. The second kappa shape index (κ2) is 22.7. The maximum Gasteiger partial charge on any atom is 0.338 e. The molecule has 0 aliphatic carbocycles. The van der Waals surface area contributed by atoms with Crippen LogP contribution in [0.5, 0.6) is 0 Å². The summed E-state index contributed by atoms with van der Waals surface area (Å²) >= 11 is 0. The molecular formula is C47H75NO18S2. The van der Waals surface area contributed by atoms with Gasteiger partial charge in [-0.15, -0.1) is 0 Å². The molecule has 0 bridgehead atoms. The number of aliphatic hydroxyl groups is 1. The Kier molecular flexibility index (Phi) is 19.2. The average molecular weight is 1010 g/mol. The number of benzene rings is 1. The molecule has 388 valence electrons. The fourth-order valence-corrected chi connectivity index (χ4v) is 11.4. The molecule has 3 aliphatic heterocycles. The first-order valence-corrected chi connectivity index (χ1v) is 26.5. The summed E-state index contributed by atoms with van der Waals surface area (Å²) in [6.07, 6.45) is -8.82. The van der Waals surface area contributed by atoms with Gasteiger partial charge in [0.25, 0.3) is 20.2 Å². The molecule has 1 N–H and O–H groups in total. The lowest BCUT2D eigenvalue weighted by Crippen LogP contribution is -2.62. The quantitative estimate of drug-likeness (QED) is 0.157. The van der Waals surface area contributed by atoms with Crippen LogP contribution in [-0.2, 0) is 76.1 Å². The highest BCUT2D eigenvalue weighted by Crippen LogP contribution is 2.43. The van der Waals surface area contributed by atoms with Crippen LogP contribution in [0.25, 0.3) is 0 Å². The molecule has 0 unspecified atom stereocenters. The summed E-state index contributed by atoms with van der Waals surface area (Å²) in [5, 5.41) is 12.2. The van der Waals surface area contributed by atoms with E-state index in [1.165, 1.54) is 35.0 Å². The minimum atomic E-state index is -4.34. The molecule has 19 nitrogen and oxygen atoms in total. The summed E-state index contributed by atoms with van der Waals surface area (Å²) in [4.78, 5) is 45.0. The highest BCUT2D eigenvalue weighted by molar-refractivity contribution is 7.86. The molecule has 0 amide bonds. The predicted molar refractivity (Wildman–Crippen MR) is 248 cm³/mol. The summed E-state index contributed by atoms with van der Waals surface area (Å²) in [6.45, 7) is 18.1. The topological polar surface area (TPSA) is 235 Å². The monoisotopic (exact) mass is 1010 g/mol. The van der Waals surface area contributed by atoms with E-state index in [0.29, 0.717) is 12.0 Å². The van der Waals surface area contributed by atoms with Crippen LogP contribution >= 0.6 is 0 Å². The van der Waals surface area contributed by atoms with E-state index in [0.717, 1.165) is 18.6 Å². The van der Waals surface area contributed by atoms with E-state index in [1.54, 1.807) is 65.0 Å². The second-order valence-electron chi connectivity index (χ2n) is 19.7. The number of rotatable bonds is 14. The number of carbonyl (C=O) groups excluding carboxylic acids is 3. The Labute approximate surface area is 403 Å². The van der Waals surface area contributed by atoms with Crippen LogP contribution in [0.1, 0.15) is 91.9 Å². The molecule has 0 saturated carbocycles. The van der Waals surface area contributed by atoms with E-state index in [2.05, 4.69) is 6.58 Å². The van der Waals surface area contributed by atoms with Gasteiger partial charge in [0.15, 0.2) is 24.8 Å². The Balaban J connectivity index is 1.96. The van der Waals surface area contributed by atoms with Crippen molar-refractivity contribution in [2.45, 2.75) is 166 Å². The average Bonchev–Trinajstić information content (AvgIpc) is 3.25. The van der Waals surface area contributed by atoms with Crippen LogP contribution < -0.4 is 0 Å². The molecule has 4 rings (SSSR count). The molecule has 18 atom stereocenters. The SMILES string of the molecule is C=C[C@H]1OC(=O)[C@H](C)[C@@H](O[C@H]2C[C@@](C)(OC)[C@@H](OS(C)(=O)=O)[C@H](C)O2)[C@H](C)[C@@H](O[C@@H]2O[C@H](C)C[C@H](N(C)C)[C@H]2OC(=O)c2ccccc2)[C@](C)(OC)C[C@@H](C)C(=O)[C@H](C)[C@@H](OS(C)(=O)=O)[C@]1(C)O. The first-order valence-electron chi connectivity index (χ1n) is 22.8. The van der Waals surface area contributed by atoms with Crippen molar-refractivity contribution in [3.05, 3.63) is 48.6 Å². The largest absolute Gasteiger partial charge is 0.455 e. The van der Waals surface area contributed by atoms with E-state index in [-0.39, 0.29) is 12.8 Å². The fraction of sp³-hybridized carbons (Fsp3) is 0.766. The summed E-state index contributed by atoms with van der Waals surface area (Å²) in [6, 6.07) is 8.01. The first-order chi connectivity index (χ1) is 31.3. The predicted octanol–water partition coefficient (Wildman–Crippen LogP) is 4.05. The van der Waals surface area contributed by atoms with E-state index in [1.807, 2.05) is 25.9 Å². The molecule has 3 aliphatic rings. The number of hydrogen-bond donors (Lipinski definition) is 1. The molecule has 0 spiro atoms. The lowest BCUT2D eigenvalue weighted by Gasteiger charge is -2.50. The normalized spacial score (nSPS) is 40.5. The first kappa shape index (κ1) is 57.6. The maximum atomic E-state index is 14.7. The second-order valence-corrected chi connectivity index (χ2v) is 22.9. The zero-order chi connectivity index (χ0) is 51.5. The van der Waals surface area contributed by atoms with E-state index in [4.69, 9.17) is 46.3 Å². The third-order valence-corrected chi connectivity index (χ3v) is 14.8. The summed E-state index contributed by atoms with van der Waals surface area (Å²) < 4.78 is 113. The van der Waals surface area contributed by atoms with E-state index in [9.17, 15) is 36.3 Å². The van der Waals surface area contributed by atoms with E-state index < -0.39 is 146 Å². The van der Waals surface area contributed by atoms with Crippen molar-refractivity contribution in [3.8, 4) is 0 Å². The molecule has 3 fully saturated rings. The number of cyclic esters (lactones) is 1. The van der Waals surface area contributed by atoms with Crippen molar-refractivity contribution in [3.63, 3.8) is 0 Å². The fourth-order valence-electron chi connectivity index (χ4n) is 9.93. The summed E-state index contributed by atoms with van der Waals surface area (Å²) in [5.41, 5.74) is -4.86. The van der Waals surface area contributed by atoms with Crippen molar-refractivity contribution in [2.75, 3.05) is 40.8 Å². The maximum absolute atomic E-state index is 14.7. The lowest BCUT2D eigenvalue weighted by atomic mass is 9.74. The van der Waals surface area contributed by atoms with Crippen molar-refractivity contribution in [1.29, 1.82) is 0 Å². The van der Waals surface area contributed by atoms with E-state index >= 15 is 0 Å². The number of ether oxygens (including phenoxy) is 8. The standard InChI is InChI=1S/C47H75NO18S2/c1-17-34-47(10,52)40(65-67(15,53)54)28(4)36(49)26(2)24-45(8,57-13)39(64-44-38(33(48(11)12)23-27(3)59-44)63-43(51)32-21-19-18-20-22-32)29(5)37(30(6)42(50)61-34)62-35-25-46(9,58-14)41(31(7)60-35)66-68(16,55)56/h17-22,26-31,33-35,37-41,44,52H,1,23-25H2,2-16H3/t26-,27-,28+,29+,30-,31+,33+,34-,35+,37+,38-,39-,40-,41+,44+,45-,46-,47-/m1/s1. The Bertz CT molecular complexity index is 2120. The van der Waals surface area contributed by atoms with Crippen LogP contribution in [0.4, 0.5) is 0 Å². The number of hydrogen-bond acceptors (Lipinski definition) is 19. The molecule has 3 heterocycles. The van der Waals surface area contributed by atoms with Gasteiger partial charge in [0, 0.05) is 38.4 Å². The number of Topliss-reactive ketones (excluding diaryl/α,β-unsaturated/α-hetero) is 1. The van der Waals surface area contributed by atoms with Crippen molar-refractivity contribution >= 4 is 38.0 Å². The van der Waals surface area contributed by atoms with Gasteiger partial charge in [0.2, 0.25) is 0 Å². The van der Waals surface area contributed by atoms with Crippen LogP contribution in [0.15, 0.2) is 43.0 Å². The van der Waals surface area contributed by atoms with Crippen LogP contribution in [0.2, 0.25) is 0 Å². The molecule has 1 aromatic carbocycles. The zero-order valence-corrected chi connectivity index (χ0v) is 43.7. The van der Waals surface area contributed by atoms with Crippen LogP contribution in [-0.4, -0.2) is 170 Å². The molecule has 68 heavy (non-hydrogen) atoms. The minimum absolute atomic E-state index is 0.0943. The Morgan fingerprint density at radius 2 is 1.37 bits per heavy atom. The molecule has 1 aromatic rings. The van der Waals surface area contributed by atoms with Gasteiger partial charge in [-0.05, 0) is 86.7 Å². The molecular weight excluding hydrogens is 931 g/mol. The third kappa shape index (κ3) is 13.7. The third-order valence-electron chi connectivity index (χ3n) is 13.7. The zero-order valence-electron chi connectivity index (χ0n) is 42.1. The minimum Gasteiger partial charge on any atom is -0.455 e. The van der Waals surface area contributed by atoms with Crippen molar-refractivity contribution in [1.82, 2.24) is 4.90 Å². The molecule has 0 aromatic heterocycles. The van der Waals surface area contributed by atoms with Crippen LogP contribution in [0, 0.1) is 23.7 Å².